The van der Waals surface area contributed by atoms with Crippen LogP contribution >= 0.6 is 9.24 Å². The molecule has 2 rings (SSSR count). The molecule has 1 aliphatic heterocycles. The van der Waals surface area contributed by atoms with Crippen LogP contribution in [0.25, 0.3) is 0 Å². The predicted octanol–water partition coefficient (Wildman–Crippen LogP) is 1.46. The molecule has 0 aliphatic carbocycles. The van der Waals surface area contributed by atoms with Crippen LogP contribution in [0.4, 0.5) is 0 Å². The topological polar surface area (TPSA) is 58.2 Å². The molecule has 0 fully saturated rings. The second kappa shape index (κ2) is 8.70. The van der Waals surface area contributed by atoms with Crippen molar-refractivity contribution in [1.82, 2.24) is 10.6 Å². The minimum atomic E-state index is -0.163. The molecule has 1 unspecified atom stereocenters. The van der Waals surface area contributed by atoms with Crippen molar-refractivity contribution in [1.29, 1.82) is 0 Å². The summed E-state index contributed by atoms with van der Waals surface area (Å²) >= 11 is 0. The highest BCUT2D eigenvalue weighted by atomic mass is 31.0. The maximum atomic E-state index is 12.0. The standard InChI is InChI=1S/C17H23N2O2P/c20-16-9-8-14(11-13-5-4-6-15(22)12-13)19-17(21)7-2-1-3-10-18-16/h4-6,8-9,12,14H,1-3,7,10-11,22H2,(H,18,20)(H,19,21)/b9-8+/t14-/m1/s1. The molecule has 0 saturated carbocycles. The molecule has 5 heteroatoms. The average Bonchev–Trinajstić information content (AvgIpc) is 2.47. The molecule has 0 radical (unpaired) electrons. The van der Waals surface area contributed by atoms with E-state index in [4.69, 9.17) is 0 Å². The van der Waals surface area contributed by atoms with Gasteiger partial charge in [0.15, 0.2) is 0 Å². The summed E-state index contributed by atoms with van der Waals surface area (Å²) in [6.45, 7) is 0.671. The van der Waals surface area contributed by atoms with E-state index in [9.17, 15) is 9.59 Å². The van der Waals surface area contributed by atoms with Crippen molar-refractivity contribution in [3.63, 3.8) is 0 Å². The van der Waals surface area contributed by atoms with E-state index < -0.39 is 0 Å². The fraction of sp³-hybridized carbons (Fsp3) is 0.412. The lowest BCUT2D eigenvalue weighted by Crippen LogP contribution is -2.35. The summed E-state index contributed by atoms with van der Waals surface area (Å²) in [4.78, 5) is 23.7. The first-order valence-corrected chi connectivity index (χ1v) is 8.31. The zero-order valence-electron chi connectivity index (χ0n) is 12.7. The number of carbonyl (C=O) groups excluding carboxylic acids is 2. The minimum Gasteiger partial charge on any atom is -0.353 e. The van der Waals surface area contributed by atoms with Gasteiger partial charge in [0.05, 0.1) is 6.04 Å². The number of rotatable bonds is 2. The Morgan fingerprint density at radius 2 is 2.05 bits per heavy atom. The second-order valence-electron chi connectivity index (χ2n) is 5.58. The molecule has 0 aromatic heterocycles. The summed E-state index contributed by atoms with van der Waals surface area (Å²) in [5.74, 6) is -0.0442. The van der Waals surface area contributed by atoms with Crippen LogP contribution < -0.4 is 15.9 Å². The molecule has 118 valence electrons. The number of nitrogens with one attached hydrogen (secondary N) is 2. The molecule has 1 aliphatic rings. The van der Waals surface area contributed by atoms with Gasteiger partial charge in [-0.05, 0) is 30.1 Å². The van der Waals surface area contributed by atoms with Gasteiger partial charge in [-0.2, -0.15) is 0 Å². The van der Waals surface area contributed by atoms with Gasteiger partial charge >= 0.3 is 0 Å². The monoisotopic (exact) mass is 318 g/mol. The summed E-state index contributed by atoms with van der Waals surface area (Å²) in [7, 11) is 2.67. The van der Waals surface area contributed by atoms with Crippen molar-refractivity contribution >= 4 is 26.4 Å². The number of amides is 2. The van der Waals surface area contributed by atoms with Crippen LogP contribution in [-0.4, -0.2) is 24.4 Å². The third-order valence-corrected chi connectivity index (χ3v) is 3.97. The Kier molecular flexibility index (Phi) is 6.60. The molecule has 1 heterocycles. The molecule has 4 nitrogen and oxygen atoms in total. The summed E-state index contributed by atoms with van der Waals surface area (Å²) in [6, 6.07) is 7.94. The number of hydrogen-bond donors (Lipinski definition) is 2. The van der Waals surface area contributed by atoms with Crippen molar-refractivity contribution in [2.45, 2.75) is 38.1 Å². The van der Waals surface area contributed by atoms with E-state index in [0.717, 1.165) is 30.1 Å². The van der Waals surface area contributed by atoms with Gasteiger partial charge in [-0.25, -0.2) is 0 Å². The van der Waals surface area contributed by atoms with E-state index >= 15 is 0 Å². The molecular formula is C17H23N2O2P. The van der Waals surface area contributed by atoms with Crippen LogP contribution in [0.15, 0.2) is 36.4 Å². The predicted molar refractivity (Wildman–Crippen MR) is 92.0 cm³/mol. The third kappa shape index (κ3) is 5.98. The van der Waals surface area contributed by atoms with Gasteiger partial charge < -0.3 is 10.6 Å². The Hall–Kier alpha value is -1.67. The van der Waals surface area contributed by atoms with Crippen LogP contribution in [0.2, 0.25) is 0 Å². The first kappa shape index (κ1) is 16.7. The molecule has 0 bridgehead atoms. The normalized spacial score (nSPS) is 22.0. The molecule has 2 N–H and O–H groups in total. The Labute approximate surface area is 134 Å². The van der Waals surface area contributed by atoms with Crippen LogP contribution in [0.5, 0.6) is 0 Å². The van der Waals surface area contributed by atoms with Crippen molar-refractivity contribution in [3.8, 4) is 0 Å². The van der Waals surface area contributed by atoms with Crippen molar-refractivity contribution in [2.75, 3.05) is 6.54 Å². The smallest absolute Gasteiger partial charge is 0.243 e. The van der Waals surface area contributed by atoms with Gasteiger partial charge in [0.2, 0.25) is 11.8 Å². The molecule has 1 aromatic rings. The zero-order chi connectivity index (χ0) is 15.8. The fourth-order valence-corrected chi connectivity index (χ4v) is 2.81. The Morgan fingerprint density at radius 1 is 1.18 bits per heavy atom. The second-order valence-corrected chi connectivity index (χ2v) is 6.25. The maximum Gasteiger partial charge on any atom is 0.243 e. The quantitative estimate of drug-likeness (QED) is 0.811. The van der Waals surface area contributed by atoms with Gasteiger partial charge in [-0.1, -0.05) is 36.8 Å². The number of hydrogen-bond acceptors (Lipinski definition) is 2. The Balaban J connectivity index is 2.08. The SMILES string of the molecule is O=C1/C=C/[C@H](Cc2cccc(P)c2)NC(=O)CCCCCN1. The molecule has 22 heavy (non-hydrogen) atoms. The highest BCUT2D eigenvalue weighted by molar-refractivity contribution is 7.27. The Bertz CT molecular complexity index is 557. The molecule has 0 saturated heterocycles. The molecular weight excluding hydrogens is 295 g/mol. The van der Waals surface area contributed by atoms with E-state index in [0.29, 0.717) is 19.4 Å². The minimum absolute atomic E-state index is 0.0534. The lowest BCUT2D eigenvalue weighted by molar-refractivity contribution is -0.122. The van der Waals surface area contributed by atoms with Crippen LogP contribution in [0, 0.1) is 0 Å². The summed E-state index contributed by atoms with van der Waals surface area (Å²) < 4.78 is 0. The highest BCUT2D eigenvalue weighted by Gasteiger charge is 2.12. The van der Waals surface area contributed by atoms with Crippen molar-refractivity contribution < 1.29 is 9.59 Å². The van der Waals surface area contributed by atoms with Gasteiger partial charge in [-0.15, -0.1) is 9.24 Å². The summed E-state index contributed by atoms with van der Waals surface area (Å²) in [5.41, 5.74) is 1.13. The average molecular weight is 318 g/mol. The van der Waals surface area contributed by atoms with E-state index in [2.05, 4.69) is 25.9 Å². The first-order chi connectivity index (χ1) is 10.6. The van der Waals surface area contributed by atoms with Crippen LogP contribution in [0.1, 0.15) is 31.2 Å². The van der Waals surface area contributed by atoms with Crippen LogP contribution in [0.3, 0.4) is 0 Å². The molecule has 1 aromatic carbocycles. The van der Waals surface area contributed by atoms with E-state index in [-0.39, 0.29) is 17.9 Å². The van der Waals surface area contributed by atoms with E-state index in [1.54, 1.807) is 6.08 Å². The van der Waals surface area contributed by atoms with Gasteiger partial charge in [0.25, 0.3) is 0 Å². The first-order valence-electron chi connectivity index (χ1n) is 7.73. The van der Waals surface area contributed by atoms with Crippen LogP contribution in [-0.2, 0) is 16.0 Å². The van der Waals surface area contributed by atoms with Crippen molar-refractivity contribution in [2.24, 2.45) is 0 Å². The van der Waals surface area contributed by atoms with Gasteiger partial charge in [0.1, 0.15) is 0 Å². The van der Waals surface area contributed by atoms with Gasteiger partial charge in [-0.3, -0.25) is 9.59 Å². The molecule has 2 atom stereocenters. The fourth-order valence-electron chi connectivity index (χ4n) is 2.48. The molecule has 2 amide bonds. The van der Waals surface area contributed by atoms with Gasteiger partial charge in [0, 0.05) is 19.0 Å². The zero-order valence-corrected chi connectivity index (χ0v) is 13.8. The maximum absolute atomic E-state index is 12.0. The largest absolute Gasteiger partial charge is 0.353 e. The lowest BCUT2D eigenvalue weighted by Gasteiger charge is -2.16. The Morgan fingerprint density at radius 3 is 2.86 bits per heavy atom. The lowest BCUT2D eigenvalue weighted by atomic mass is 10.0. The summed E-state index contributed by atoms with van der Waals surface area (Å²) in [6.07, 6.45) is 7.26. The number of carbonyl (C=O) groups is 2. The summed E-state index contributed by atoms with van der Waals surface area (Å²) in [5, 5.41) is 6.98. The van der Waals surface area contributed by atoms with E-state index in [1.807, 2.05) is 18.2 Å². The highest BCUT2D eigenvalue weighted by Crippen LogP contribution is 2.07. The molecule has 0 spiro atoms. The van der Waals surface area contributed by atoms with E-state index in [1.165, 1.54) is 6.08 Å². The van der Waals surface area contributed by atoms with Crippen molar-refractivity contribution in [3.05, 3.63) is 42.0 Å². The number of benzene rings is 1. The third-order valence-electron chi connectivity index (χ3n) is 3.61.